The molecule has 3 atom stereocenters. The Labute approximate surface area is 229 Å². The molecule has 2 heterocycles. The maximum atomic E-state index is 13.4. The number of fused-ring (bicyclic) bond motifs is 1. The summed E-state index contributed by atoms with van der Waals surface area (Å²) in [4.78, 5) is 42.7. The highest BCUT2D eigenvalue weighted by Crippen LogP contribution is 2.27. The van der Waals surface area contributed by atoms with E-state index in [1.165, 1.54) is 0 Å². The summed E-state index contributed by atoms with van der Waals surface area (Å²) in [7, 11) is 1.85. The predicted molar refractivity (Wildman–Crippen MR) is 150 cm³/mol. The average Bonchev–Trinajstić information content (AvgIpc) is 3.24. The van der Waals surface area contributed by atoms with Crippen LogP contribution in [0.2, 0.25) is 0 Å². The number of primary amides is 1. The van der Waals surface area contributed by atoms with Crippen molar-refractivity contribution >= 4 is 28.6 Å². The number of hydrogen-bond donors (Lipinski definition) is 3. The summed E-state index contributed by atoms with van der Waals surface area (Å²) in [6.07, 6.45) is 6.13. The Balaban J connectivity index is 1.42. The van der Waals surface area contributed by atoms with Crippen LogP contribution >= 0.6 is 0 Å². The van der Waals surface area contributed by atoms with Gasteiger partial charge in [-0.3, -0.25) is 19.4 Å². The van der Waals surface area contributed by atoms with Crippen molar-refractivity contribution in [3.63, 3.8) is 0 Å². The Morgan fingerprint density at radius 1 is 1.13 bits per heavy atom. The number of nitrogens with two attached hydrogens (primary N) is 1. The third-order valence-electron chi connectivity index (χ3n) is 7.39. The molecule has 4 rings (SSSR count). The lowest BCUT2D eigenvalue weighted by Gasteiger charge is -2.32. The zero-order chi connectivity index (χ0) is 27.9. The number of aromatic nitrogens is 2. The monoisotopic (exact) mass is 533 g/mol. The van der Waals surface area contributed by atoms with Crippen molar-refractivity contribution in [2.24, 2.45) is 24.6 Å². The van der Waals surface area contributed by atoms with Gasteiger partial charge >= 0.3 is 0 Å². The predicted octanol–water partition coefficient (Wildman–Crippen LogP) is 3.50. The molecule has 1 aliphatic carbocycles. The van der Waals surface area contributed by atoms with Gasteiger partial charge in [0.05, 0.1) is 18.0 Å². The number of pyridine rings is 1. The van der Waals surface area contributed by atoms with Crippen LogP contribution in [0.15, 0.2) is 48.7 Å². The Hall–Kier alpha value is -3.88. The molecule has 0 aliphatic heterocycles. The molecule has 1 aliphatic rings. The van der Waals surface area contributed by atoms with E-state index >= 15 is 0 Å². The van der Waals surface area contributed by atoms with Crippen LogP contribution in [-0.2, 0) is 23.1 Å². The van der Waals surface area contributed by atoms with Crippen LogP contribution in [0.4, 0.5) is 0 Å². The summed E-state index contributed by atoms with van der Waals surface area (Å²) in [5, 5.41) is 6.87. The summed E-state index contributed by atoms with van der Waals surface area (Å²) in [5.74, 6) is -0.475. The SMILES string of the molecule is CC(C)CC(NC(=O)C1CCCCC1NC(=O)c1cc2ccc(OCCc3ccccn3)cc2n1C)C(N)=O. The molecular formula is C30H39N5O4. The van der Waals surface area contributed by atoms with E-state index in [9.17, 15) is 14.4 Å². The molecule has 3 amide bonds. The fourth-order valence-electron chi connectivity index (χ4n) is 5.29. The van der Waals surface area contributed by atoms with E-state index in [2.05, 4.69) is 15.6 Å². The summed E-state index contributed by atoms with van der Waals surface area (Å²) in [5.41, 5.74) is 7.89. The molecule has 9 nitrogen and oxygen atoms in total. The molecule has 1 aromatic carbocycles. The van der Waals surface area contributed by atoms with Gasteiger partial charge in [-0.1, -0.05) is 32.8 Å². The normalized spacial score (nSPS) is 18.1. The number of benzene rings is 1. The van der Waals surface area contributed by atoms with Gasteiger partial charge in [-0.25, -0.2) is 0 Å². The highest BCUT2D eigenvalue weighted by molar-refractivity contribution is 5.99. The minimum atomic E-state index is -0.714. The van der Waals surface area contributed by atoms with Gasteiger partial charge in [0, 0.05) is 42.9 Å². The lowest BCUT2D eigenvalue weighted by molar-refractivity contribution is -0.131. The van der Waals surface area contributed by atoms with Crippen LogP contribution < -0.4 is 21.1 Å². The van der Waals surface area contributed by atoms with E-state index in [1.54, 1.807) is 6.20 Å². The van der Waals surface area contributed by atoms with Crippen molar-refractivity contribution < 1.29 is 19.1 Å². The molecule has 3 aromatic rings. The van der Waals surface area contributed by atoms with Crippen molar-refractivity contribution in [3.8, 4) is 5.75 Å². The molecule has 4 N–H and O–H groups in total. The summed E-state index contributed by atoms with van der Waals surface area (Å²) >= 11 is 0. The highest BCUT2D eigenvalue weighted by Gasteiger charge is 2.34. The minimum Gasteiger partial charge on any atom is -0.493 e. The summed E-state index contributed by atoms with van der Waals surface area (Å²) in [6.45, 7) is 4.46. The number of aryl methyl sites for hydroxylation is 1. The molecule has 9 heteroatoms. The van der Waals surface area contributed by atoms with E-state index in [0.29, 0.717) is 38.0 Å². The van der Waals surface area contributed by atoms with Crippen molar-refractivity contribution in [1.29, 1.82) is 0 Å². The summed E-state index contributed by atoms with van der Waals surface area (Å²) in [6, 6.07) is 12.4. The number of carbonyl (C=O) groups excluding carboxylic acids is 3. The second-order valence-corrected chi connectivity index (χ2v) is 10.8. The molecule has 1 saturated carbocycles. The Bertz CT molecular complexity index is 1300. The zero-order valence-electron chi connectivity index (χ0n) is 23.0. The summed E-state index contributed by atoms with van der Waals surface area (Å²) < 4.78 is 7.79. The quantitative estimate of drug-likeness (QED) is 0.348. The Morgan fingerprint density at radius 3 is 2.64 bits per heavy atom. The van der Waals surface area contributed by atoms with Crippen LogP contribution in [-0.4, -0.2) is 46.0 Å². The van der Waals surface area contributed by atoms with Gasteiger partial charge in [0.1, 0.15) is 17.5 Å². The van der Waals surface area contributed by atoms with Crippen molar-refractivity contribution in [2.45, 2.75) is 64.5 Å². The highest BCUT2D eigenvalue weighted by atomic mass is 16.5. The molecule has 0 radical (unpaired) electrons. The molecule has 0 saturated heterocycles. The lowest BCUT2D eigenvalue weighted by atomic mass is 9.83. The third-order valence-corrected chi connectivity index (χ3v) is 7.39. The van der Waals surface area contributed by atoms with Crippen molar-refractivity contribution in [2.75, 3.05) is 6.61 Å². The van der Waals surface area contributed by atoms with Crippen molar-refractivity contribution in [1.82, 2.24) is 20.2 Å². The molecular weight excluding hydrogens is 494 g/mol. The van der Waals surface area contributed by atoms with Gasteiger partial charge in [-0.15, -0.1) is 0 Å². The van der Waals surface area contributed by atoms with Gasteiger partial charge in [0.15, 0.2) is 0 Å². The van der Waals surface area contributed by atoms with Gasteiger partial charge in [0.2, 0.25) is 11.8 Å². The molecule has 39 heavy (non-hydrogen) atoms. The number of carbonyl (C=O) groups is 3. The fourth-order valence-corrected chi connectivity index (χ4v) is 5.29. The topological polar surface area (TPSA) is 128 Å². The first-order valence-electron chi connectivity index (χ1n) is 13.8. The number of rotatable bonds is 11. The molecule has 3 unspecified atom stereocenters. The largest absolute Gasteiger partial charge is 0.493 e. The van der Waals surface area contributed by atoms with Crippen LogP contribution in [0.1, 0.15) is 62.1 Å². The number of amides is 3. The number of nitrogens with one attached hydrogen (secondary N) is 2. The van der Waals surface area contributed by atoms with Gasteiger partial charge < -0.3 is 25.7 Å². The van der Waals surface area contributed by atoms with E-state index in [4.69, 9.17) is 10.5 Å². The Kier molecular flexibility index (Phi) is 9.22. The number of hydrogen-bond acceptors (Lipinski definition) is 5. The average molecular weight is 534 g/mol. The third kappa shape index (κ3) is 7.16. The first kappa shape index (κ1) is 28.1. The lowest BCUT2D eigenvalue weighted by Crippen LogP contribution is -2.53. The maximum absolute atomic E-state index is 13.4. The first-order valence-corrected chi connectivity index (χ1v) is 13.8. The minimum absolute atomic E-state index is 0.211. The van der Waals surface area contributed by atoms with Crippen LogP contribution in [0, 0.1) is 11.8 Å². The van der Waals surface area contributed by atoms with E-state index in [1.807, 2.05) is 67.9 Å². The first-order chi connectivity index (χ1) is 18.7. The van der Waals surface area contributed by atoms with E-state index < -0.39 is 17.9 Å². The zero-order valence-corrected chi connectivity index (χ0v) is 23.0. The molecule has 208 valence electrons. The molecule has 1 fully saturated rings. The standard InChI is InChI=1S/C30H39N5O4/c1-19(2)16-25(28(31)36)34-29(37)23-9-4-5-10-24(23)33-30(38)27-17-20-11-12-22(18-26(20)35(27)3)39-15-13-21-8-6-7-14-32-21/h6-8,11-12,14,17-19,23-25H,4-5,9-10,13,15-16H2,1-3H3,(H2,31,36)(H,33,38)(H,34,37). The fraction of sp³-hybridized carbons (Fsp3) is 0.467. The Morgan fingerprint density at radius 2 is 1.92 bits per heavy atom. The second-order valence-electron chi connectivity index (χ2n) is 10.8. The smallest absolute Gasteiger partial charge is 0.268 e. The van der Waals surface area contributed by atoms with Crippen LogP contribution in [0.3, 0.4) is 0 Å². The van der Waals surface area contributed by atoms with Crippen molar-refractivity contribution in [3.05, 3.63) is 60.0 Å². The molecule has 0 bridgehead atoms. The van der Waals surface area contributed by atoms with E-state index in [0.717, 1.165) is 35.2 Å². The number of ether oxygens (including phenoxy) is 1. The van der Waals surface area contributed by atoms with E-state index in [-0.39, 0.29) is 23.8 Å². The van der Waals surface area contributed by atoms with Gasteiger partial charge in [-0.2, -0.15) is 0 Å². The van der Waals surface area contributed by atoms with Crippen LogP contribution in [0.5, 0.6) is 5.75 Å². The van der Waals surface area contributed by atoms with Gasteiger partial charge in [-0.05, 0) is 55.5 Å². The number of nitrogens with zero attached hydrogens (tertiary/aromatic N) is 2. The second kappa shape index (κ2) is 12.8. The van der Waals surface area contributed by atoms with Crippen LogP contribution in [0.25, 0.3) is 10.9 Å². The molecule has 2 aromatic heterocycles. The van der Waals surface area contributed by atoms with Gasteiger partial charge in [0.25, 0.3) is 5.91 Å². The molecule has 0 spiro atoms. The maximum Gasteiger partial charge on any atom is 0.268 e.